The Hall–Kier alpha value is -1.70. The number of hydrogen-bond donors (Lipinski definition) is 1. The number of nitrogens with zero attached hydrogens (tertiary/aromatic N) is 2. The van der Waals surface area contributed by atoms with E-state index in [1.54, 1.807) is 30.3 Å². The second kappa shape index (κ2) is 5.01. The first kappa shape index (κ1) is 13.3. The van der Waals surface area contributed by atoms with E-state index in [2.05, 4.69) is 13.5 Å². The lowest BCUT2D eigenvalue weighted by atomic mass is 10.3. The number of aromatic nitrogens is 2. The Balaban J connectivity index is 2.01. The first-order valence-corrected chi connectivity index (χ1v) is 8.15. The molecule has 0 aliphatic heterocycles. The molecule has 8 heteroatoms. The molecule has 0 amide bonds. The van der Waals surface area contributed by atoms with Gasteiger partial charge in [0.15, 0.2) is 0 Å². The van der Waals surface area contributed by atoms with E-state index in [-0.39, 0.29) is 4.90 Å². The minimum Gasteiger partial charge on any atom is -0.278 e. The third-order valence-corrected chi connectivity index (χ3v) is 4.90. The number of hydrogen-bond acceptors (Lipinski definition) is 5. The molecule has 0 saturated carbocycles. The average molecular weight is 326 g/mol. The number of rotatable bonds is 3. The van der Waals surface area contributed by atoms with Gasteiger partial charge in [0.1, 0.15) is 11.0 Å². The summed E-state index contributed by atoms with van der Waals surface area (Å²) in [5, 5.41) is 0.340. The van der Waals surface area contributed by atoms with Crippen LogP contribution in [0.15, 0.2) is 47.4 Å². The molecule has 0 fully saturated rings. The minimum atomic E-state index is -3.70. The highest BCUT2D eigenvalue weighted by Crippen LogP contribution is 2.25. The van der Waals surface area contributed by atoms with Gasteiger partial charge in [-0.1, -0.05) is 23.7 Å². The molecule has 0 aliphatic rings. The summed E-state index contributed by atoms with van der Waals surface area (Å²) in [4.78, 5) is 0.123. The molecule has 3 aromatic rings. The molecule has 0 atom stereocenters. The van der Waals surface area contributed by atoms with Crippen LogP contribution in [-0.2, 0) is 10.0 Å². The third-order valence-electron chi connectivity index (χ3n) is 2.65. The molecule has 0 radical (unpaired) electrons. The largest absolute Gasteiger partial charge is 0.278 e. The number of fused-ring (bicyclic) bond motifs is 1. The Morgan fingerprint density at radius 1 is 1.05 bits per heavy atom. The zero-order chi connectivity index (χ0) is 14.2. The molecule has 3 rings (SSSR count). The molecule has 0 unspecified atom stereocenters. The van der Waals surface area contributed by atoms with Crippen LogP contribution in [0.3, 0.4) is 0 Å². The monoisotopic (exact) mass is 325 g/mol. The minimum absolute atomic E-state index is 0.123. The van der Waals surface area contributed by atoms with Crippen LogP contribution in [0.4, 0.5) is 5.69 Å². The second-order valence-electron chi connectivity index (χ2n) is 4.00. The van der Waals surface area contributed by atoms with Crippen molar-refractivity contribution in [2.75, 3.05) is 4.72 Å². The molecule has 0 spiro atoms. The van der Waals surface area contributed by atoms with Gasteiger partial charge < -0.3 is 0 Å². The summed E-state index contributed by atoms with van der Waals surface area (Å²) in [5.74, 6) is 0. The maximum Gasteiger partial charge on any atom is 0.262 e. The van der Waals surface area contributed by atoms with Crippen molar-refractivity contribution in [2.24, 2.45) is 0 Å². The van der Waals surface area contributed by atoms with Crippen molar-refractivity contribution in [3.8, 4) is 0 Å². The Morgan fingerprint density at radius 2 is 1.80 bits per heavy atom. The number of halogens is 1. The van der Waals surface area contributed by atoms with Gasteiger partial charge in [0.2, 0.25) is 0 Å². The lowest BCUT2D eigenvalue weighted by Gasteiger charge is -2.09. The van der Waals surface area contributed by atoms with Crippen molar-refractivity contribution in [1.29, 1.82) is 0 Å². The predicted molar refractivity (Wildman–Crippen MR) is 79.7 cm³/mol. The molecule has 1 N–H and O–H groups in total. The third kappa shape index (κ3) is 2.47. The lowest BCUT2D eigenvalue weighted by Crippen LogP contribution is -2.13. The number of nitrogens with one attached hydrogen (secondary N) is 1. The van der Waals surface area contributed by atoms with Crippen LogP contribution in [0.5, 0.6) is 0 Å². The van der Waals surface area contributed by atoms with Crippen molar-refractivity contribution in [3.05, 3.63) is 47.5 Å². The van der Waals surface area contributed by atoms with Crippen LogP contribution in [-0.4, -0.2) is 17.2 Å². The molecule has 0 aliphatic carbocycles. The van der Waals surface area contributed by atoms with Crippen molar-refractivity contribution < 1.29 is 8.42 Å². The van der Waals surface area contributed by atoms with Crippen LogP contribution >= 0.6 is 23.3 Å². The number of sulfonamides is 1. The van der Waals surface area contributed by atoms with Crippen molar-refractivity contribution >= 4 is 50.1 Å². The normalized spacial score (nSPS) is 11.7. The molecule has 2 aromatic carbocycles. The Morgan fingerprint density at radius 3 is 2.60 bits per heavy atom. The first-order valence-electron chi connectivity index (χ1n) is 5.56. The van der Waals surface area contributed by atoms with Gasteiger partial charge in [-0.2, -0.15) is 8.75 Å². The van der Waals surface area contributed by atoms with Crippen LogP contribution in [0, 0.1) is 0 Å². The van der Waals surface area contributed by atoms with E-state index in [1.165, 1.54) is 12.1 Å². The molecule has 0 bridgehead atoms. The molecule has 1 aromatic heterocycles. The highest BCUT2D eigenvalue weighted by Gasteiger charge is 2.16. The summed E-state index contributed by atoms with van der Waals surface area (Å²) >= 11 is 6.99. The van der Waals surface area contributed by atoms with Crippen LogP contribution in [0.2, 0.25) is 5.02 Å². The van der Waals surface area contributed by atoms with Crippen molar-refractivity contribution in [1.82, 2.24) is 8.75 Å². The smallest absolute Gasteiger partial charge is 0.262 e. The summed E-state index contributed by atoms with van der Waals surface area (Å²) in [6, 6.07) is 11.3. The highest BCUT2D eigenvalue weighted by atomic mass is 35.5. The summed E-state index contributed by atoms with van der Waals surface area (Å²) < 4.78 is 35.1. The van der Waals surface area contributed by atoms with Crippen LogP contribution < -0.4 is 4.72 Å². The SMILES string of the molecule is O=S(=O)(Nc1ccccc1Cl)c1ccc2nsnc2c1. The van der Waals surface area contributed by atoms with E-state index < -0.39 is 10.0 Å². The van der Waals surface area contributed by atoms with E-state index in [9.17, 15) is 8.42 Å². The van der Waals surface area contributed by atoms with Gasteiger partial charge in [-0.15, -0.1) is 0 Å². The molecule has 1 heterocycles. The molecule has 102 valence electrons. The fourth-order valence-electron chi connectivity index (χ4n) is 1.68. The van der Waals surface area contributed by atoms with Crippen molar-refractivity contribution in [2.45, 2.75) is 4.90 Å². The van der Waals surface area contributed by atoms with Crippen molar-refractivity contribution in [3.63, 3.8) is 0 Å². The van der Waals surface area contributed by atoms with E-state index in [4.69, 9.17) is 11.6 Å². The molecule has 5 nitrogen and oxygen atoms in total. The van der Waals surface area contributed by atoms with Gasteiger partial charge >= 0.3 is 0 Å². The maximum absolute atomic E-state index is 12.3. The number of para-hydroxylation sites is 1. The molecule has 20 heavy (non-hydrogen) atoms. The van der Waals surface area contributed by atoms with Gasteiger partial charge in [0, 0.05) is 0 Å². The maximum atomic E-state index is 12.3. The van der Waals surface area contributed by atoms with Gasteiger partial charge in [0.05, 0.1) is 27.3 Å². The van der Waals surface area contributed by atoms with Crippen LogP contribution in [0.25, 0.3) is 11.0 Å². The zero-order valence-electron chi connectivity index (χ0n) is 9.95. The average Bonchev–Trinajstić information content (AvgIpc) is 2.88. The van der Waals surface area contributed by atoms with E-state index >= 15 is 0 Å². The molecular weight excluding hydrogens is 318 g/mol. The summed E-state index contributed by atoms with van der Waals surface area (Å²) in [7, 11) is -3.70. The summed E-state index contributed by atoms with van der Waals surface area (Å²) in [6.07, 6.45) is 0. The summed E-state index contributed by atoms with van der Waals surface area (Å²) in [6.45, 7) is 0. The zero-order valence-corrected chi connectivity index (χ0v) is 12.3. The van der Waals surface area contributed by atoms with Gasteiger partial charge in [0.25, 0.3) is 10.0 Å². The van der Waals surface area contributed by atoms with E-state index in [0.29, 0.717) is 21.7 Å². The Bertz CT molecular complexity index is 877. The fraction of sp³-hybridized carbons (Fsp3) is 0. The Labute approximate surface area is 124 Å². The standard InChI is InChI=1S/C12H8ClN3O2S2/c13-9-3-1-2-4-10(9)16-20(17,18)8-5-6-11-12(7-8)15-19-14-11/h1-7,16H. The number of benzene rings is 2. The molecular formula is C12H8ClN3O2S2. The van der Waals surface area contributed by atoms with Gasteiger partial charge in [-0.05, 0) is 30.3 Å². The predicted octanol–water partition coefficient (Wildman–Crippen LogP) is 3.15. The van der Waals surface area contributed by atoms with E-state index in [1.807, 2.05) is 0 Å². The Kier molecular flexibility index (Phi) is 3.33. The van der Waals surface area contributed by atoms with E-state index in [0.717, 1.165) is 11.7 Å². The van der Waals surface area contributed by atoms with Gasteiger partial charge in [-0.25, -0.2) is 8.42 Å². The summed E-state index contributed by atoms with van der Waals surface area (Å²) in [5.41, 5.74) is 1.56. The molecule has 0 saturated heterocycles. The first-order chi connectivity index (χ1) is 9.56. The van der Waals surface area contributed by atoms with Crippen LogP contribution in [0.1, 0.15) is 0 Å². The topological polar surface area (TPSA) is 72.0 Å². The quantitative estimate of drug-likeness (QED) is 0.803. The van der Waals surface area contributed by atoms with Gasteiger partial charge in [-0.3, -0.25) is 4.72 Å². The lowest BCUT2D eigenvalue weighted by molar-refractivity contribution is 0.601. The fourth-order valence-corrected chi connectivity index (χ4v) is 3.53. The highest BCUT2D eigenvalue weighted by molar-refractivity contribution is 7.92. The number of anilines is 1. The second-order valence-corrected chi connectivity index (χ2v) is 6.62.